The second-order valence-electron chi connectivity index (χ2n) is 4.77. The zero-order valence-electron chi connectivity index (χ0n) is 10.9. The molecule has 0 aromatic heterocycles. The molecule has 0 aliphatic carbocycles. The van der Waals surface area contributed by atoms with Gasteiger partial charge in [-0.25, -0.2) is 0 Å². The van der Waals surface area contributed by atoms with E-state index in [9.17, 15) is 5.26 Å². The van der Waals surface area contributed by atoms with E-state index in [4.69, 9.17) is 4.74 Å². The number of nitrogens with zero attached hydrogens (tertiary/aromatic N) is 1. The van der Waals surface area contributed by atoms with Gasteiger partial charge < -0.3 is 4.74 Å². The van der Waals surface area contributed by atoms with Crippen LogP contribution in [0.4, 0.5) is 0 Å². The Morgan fingerprint density at radius 1 is 1.35 bits per heavy atom. The second kappa shape index (κ2) is 5.70. The largest absolute Gasteiger partial charge is 0.497 e. The van der Waals surface area contributed by atoms with Crippen LogP contribution in [0.1, 0.15) is 26.3 Å². The zero-order chi connectivity index (χ0) is 12.9. The number of hydrogen-bond donors (Lipinski definition) is 1. The Balaban J connectivity index is 2.77. The van der Waals surface area contributed by atoms with Crippen LogP contribution < -0.4 is 10.1 Å². The third kappa shape index (κ3) is 4.08. The van der Waals surface area contributed by atoms with Crippen molar-refractivity contribution >= 4 is 0 Å². The Labute approximate surface area is 103 Å². The minimum absolute atomic E-state index is 0.290. The van der Waals surface area contributed by atoms with Crippen LogP contribution in [0.25, 0.3) is 0 Å². The standard InChI is InChI=1S/C14H20N2O/c1-11(2)16-14(3,10-15)9-12-5-7-13(17-4)8-6-12/h5-8,11,16H,9H2,1-4H3. The van der Waals surface area contributed by atoms with Crippen LogP contribution in [0, 0.1) is 11.3 Å². The number of rotatable bonds is 5. The van der Waals surface area contributed by atoms with E-state index in [2.05, 4.69) is 11.4 Å². The Morgan fingerprint density at radius 2 is 1.94 bits per heavy atom. The fourth-order valence-corrected chi connectivity index (χ4v) is 1.91. The molecule has 1 unspecified atom stereocenters. The van der Waals surface area contributed by atoms with E-state index >= 15 is 0 Å². The molecule has 1 atom stereocenters. The van der Waals surface area contributed by atoms with Gasteiger partial charge in [-0.3, -0.25) is 5.32 Å². The van der Waals surface area contributed by atoms with Gasteiger partial charge in [0.05, 0.1) is 13.2 Å². The van der Waals surface area contributed by atoms with E-state index in [0.29, 0.717) is 6.42 Å². The van der Waals surface area contributed by atoms with Crippen molar-refractivity contribution in [1.29, 1.82) is 5.26 Å². The average Bonchev–Trinajstić information content (AvgIpc) is 2.29. The van der Waals surface area contributed by atoms with Crippen molar-refractivity contribution in [3.63, 3.8) is 0 Å². The molecule has 1 aromatic rings. The molecule has 0 radical (unpaired) electrons. The molecule has 92 valence electrons. The van der Waals surface area contributed by atoms with Crippen molar-refractivity contribution in [3.8, 4) is 11.8 Å². The lowest BCUT2D eigenvalue weighted by Crippen LogP contribution is -2.46. The molecule has 0 aliphatic heterocycles. The van der Waals surface area contributed by atoms with Crippen LogP contribution >= 0.6 is 0 Å². The van der Waals surface area contributed by atoms with Crippen LogP contribution in [0.15, 0.2) is 24.3 Å². The van der Waals surface area contributed by atoms with Gasteiger partial charge in [0.25, 0.3) is 0 Å². The first kappa shape index (κ1) is 13.5. The molecule has 0 saturated heterocycles. The molecule has 0 bridgehead atoms. The molecule has 1 rings (SSSR count). The van der Waals surface area contributed by atoms with Crippen LogP contribution in [0.2, 0.25) is 0 Å². The number of benzene rings is 1. The molecular formula is C14H20N2O. The van der Waals surface area contributed by atoms with E-state index in [0.717, 1.165) is 11.3 Å². The van der Waals surface area contributed by atoms with Crippen LogP contribution in [-0.2, 0) is 6.42 Å². The highest BCUT2D eigenvalue weighted by Gasteiger charge is 2.24. The predicted octanol–water partition coefficient (Wildman–Crippen LogP) is 2.52. The lowest BCUT2D eigenvalue weighted by atomic mass is 9.93. The molecule has 0 heterocycles. The Hall–Kier alpha value is -1.53. The number of ether oxygens (including phenoxy) is 1. The summed E-state index contributed by atoms with van der Waals surface area (Å²) in [5.74, 6) is 0.837. The van der Waals surface area contributed by atoms with Crippen LogP contribution in [-0.4, -0.2) is 18.7 Å². The molecule has 1 aromatic carbocycles. The summed E-state index contributed by atoms with van der Waals surface area (Å²) in [5, 5.41) is 12.5. The van der Waals surface area contributed by atoms with E-state index in [1.165, 1.54) is 0 Å². The van der Waals surface area contributed by atoms with Crippen LogP contribution in [0.5, 0.6) is 5.75 Å². The Kier molecular flexibility index (Phi) is 4.53. The van der Waals surface area contributed by atoms with Gasteiger partial charge >= 0.3 is 0 Å². The van der Waals surface area contributed by atoms with Gasteiger partial charge in [-0.1, -0.05) is 12.1 Å². The Bertz CT molecular complexity index is 392. The third-order valence-corrected chi connectivity index (χ3v) is 2.57. The molecule has 1 N–H and O–H groups in total. The molecule has 0 saturated carbocycles. The van der Waals surface area contributed by atoms with Gasteiger partial charge in [-0.05, 0) is 38.5 Å². The summed E-state index contributed by atoms with van der Waals surface area (Å²) in [6.07, 6.45) is 0.686. The molecule has 3 heteroatoms. The first-order valence-electron chi connectivity index (χ1n) is 5.81. The quantitative estimate of drug-likeness (QED) is 0.848. The summed E-state index contributed by atoms with van der Waals surface area (Å²) in [6.45, 7) is 6.02. The van der Waals surface area contributed by atoms with Crippen molar-refractivity contribution in [2.75, 3.05) is 7.11 Å². The maximum atomic E-state index is 9.26. The SMILES string of the molecule is COc1ccc(CC(C)(C#N)NC(C)C)cc1. The van der Waals surface area contributed by atoms with E-state index in [1.54, 1.807) is 7.11 Å². The van der Waals surface area contributed by atoms with Gasteiger partial charge in [0, 0.05) is 12.5 Å². The van der Waals surface area contributed by atoms with Gasteiger partial charge in [0.1, 0.15) is 11.3 Å². The maximum Gasteiger partial charge on any atom is 0.118 e. The predicted molar refractivity (Wildman–Crippen MR) is 69.0 cm³/mol. The summed E-state index contributed by atoms with van der Waals surface area (Å²) < 4.78 is 5.11. The lowest BCUT2D eigenvalue weighted by Gasteiger charge is -2.26. The van der Waals surface area contributed by atoms with Gasteiger partial charge in [-0.15, -0.1) is 0 Å². The maximum absolute atomic E-state index is 9.26. The fraction of sp³-hybridized carbons (Fsp3) is 0.500. The van der Waals surface area contributed by atoms with Crippen LogP contribution in [0.3, 0.4) is 0 Å². The van der Waals surface area contributed by atoms with E-state index in [1.807, 2.05) is 45.0 Å². The highest BCUT2D eigenvalue weighted by molar-refractivity contribution is 5.29. The third-order valence-electron chi connectivity index (χ3n) is 2.57. The van der Waals surface area contributed by atoms with Crippen molar-refractivity contribution < 1.29 is 4.74 Å². The van der Waals surface area contributed by atoms with E-state index < -0.39 is 5.54 Å². The summed E-state index contributed by atoms with van der Waals surface area (Å²) >= 11 is 0. The normalized spacial score (nSPS) is 14.1. The zero-order valence-corrected chi connectivity index (χ0v) is 10.9. The molecule has 0 fully saturated rings. The molecule has 17 heavy (non-hydrogen) atoms. The number of nitriles is 1. The molecule has 0 spiro atoms. The molecule has 0 amide bonds. The van der Waals surface area contributed by atoms with Crippen molar-refractivity contribution in [2.24, 2.45) is 0 Å². The fourth-order valence-electron chi connectivity index (χ4n) is 1.91. The average molecular weight is 232 g/mol. The summed E-state index contributed by atoms with van der Waals surface area (Å²) in [6, 6.07) is 10.5. The molecule has 3 nitrogen and oxygen atoms in total. The van der Waals surface area contributed by atoms with Gasteiger partial charge in [0.2, 0.25) is 0 Å². The molecule has 0 aliphatic rings. The number of nitrogens with one attached hydrogen (secondary N) is 1. The van der Waals surface area contributed by atoms with Crippen molar-refractivity contribution in [2.45, 2.75) is 38.8 Å². The minimum atomic E-state index is -0.525. The monoisotopic (exact) mass is 232 g/mol. The molecular weight excluding hydrogens is 212 g/mol. The second-order valence-corrected chi connectivity index (χ2v) is 4.77. The van der Waals surface area contributed by atoms with Crippen molar-refractivity contribution in [1.82, 2.24) is 5.32 Å². The highest BCUT2D eigenvalue weighted by atomic mass is 16.5. The first-order chi connectivity index (χ1) is 7.99. The number of hydrogen-bond acceptors (Lipinski definition) is 3. The Morgan fingerprint density at radius 3 is 2.35 bits per heavy atom. The smallest absolute Gasteiger partial charge is 0.118 e. The van der Waals surface area contributed by atoms with Crippen molar-refractivity contribution in [3.05, 3.63) is 29.8 Å². The first-order valence-corrected chi connectivity index (χ1v) is 5.81. The number of methoxy groups -OCH3 is 1. The lowest BCUT2D eigenvalue weighted by molar-refractivity contribution is 0.401. The van der Waals surface area contributed by atoms with Gasteiger partial charge in [-0.2, -0.15) is 5.26 Å². The summed E-state index contributed by atoms with van der Waals surface area (Å²) in [5.41, 5.74) is 0.603. The minimum Gasteiger partial charge on any atom is -0.497 e. The van der Waals surface area contributed by atoms with E-state index in [-0.39, 0.29) is 6.04 Å². The topological polar surface area (TPSA) is 45.0 Å². The highest BCUT2D eigenvalue weighted by Crippen LogP contribution is 2.17. The van der Waals surface area contributed by atoms with Gasteiger partial charge in [0.15, 0.2) is 0 Å². The summed E-state index contributed by atoms with van der Waals surface area (Å²) in [4.78, 5) is 0. The summed E-state index contributed by atoms with van der Waals surface area (Å²) in [7, 11) is 1.65.